The van der Waals surface area contributed by atoms with Crippen molar-refractivity contribution < 1.29 is 9.53 Å². The second-order valence-corrected chi connectivity index (χ2v) is 4.08. The summed E-state index contributed by atoms with van der Waals surface area (Å²) in [6.07, 6.45) is 3.04. The SMILES string of the molecule is C=C/C=C(/C)N(C)C(=O)OC(C)(C)C. The molecule has 3 heteroatoms. The van der Waals surface area contributed by atoms with Crippen molar-refractivity contribution in [1.29, 1.82) is 0 Å². The van der Waals surface area contributed by atoms with Crippen molar-refractivity contribution in [3.63, 3.8) is 0 Å². The topological polar surface area (TPSA) is 29.5 Å². The van der Waals surface area contributed by atoms with Gasteiger partial charge in [0.15, 0.2) is 0 Å². The van der Waals surface area contributed by atoms with Crippen LogP contribution in [0.5, 0.6) is 0 Å². The maximum absolute atomic E-state index is 11.5. The highest BCUT2D eigenvalue weighted by Gasteiger charge is 2.19. The molecule has 0 aliphatic heterocycles. The van der Waals surface area contributed by atoms with Gasteiger partial charge in [-0.05, 0) is 33.8 Å². The van der Waals surface area contributed by atoms with Crippen molar-refractivity contribution in [2.24, 2.45) is 0 Å². The van der Waals surface area contributed by atoms with Crippen molar-refractivity contribution in [1.82, 2.24) is 4.90 Å². The van der Waals surface area contributed by atoms with Crippen LogP contribution in [0.1, 0.15) is 27.7 Å². The van der Waals surface area contributed by atoms with Gasteiger partial charge in [-0.3, -0.25) is 4.90 Å². The van der Waals surface area contributed by atoms with E-state index >= 15 is 0 Å². The number of allylic oxidation sites excluding steroid dienone is 3. The summed E-state index contributed by atoms with van der Waals surface area (Å²) in [4.78, 5) is 13.0. The molecule has 0 aromatic rings. The van der Waals surface area contributed by atoms with Crippen LogP contribution < -0.4 is 0 Å². The maximum atomic E-state index is 11.5. The molecular weight excluding hydrogens is 178 g/mol. The van der Waals surface area contributed by atoms with E-state index < -0.39 is 5.60 Å². The first-order valence-corrected chi connectivity index (χ1v) is 4.54. The Morgan fingerprint density at radius 1 is 1.43 bits per heavy atom. The average Bonchev–Trinajstić information content (AvgIpc) is 2.00. The molecule has 0 saturated carbocycles. The monoisotopic (exact) mass is 197 g/mol. The standard InChI is InChI=1S/C11H19NO2/c1-7-8-9(2)12(6)10(13)14-11(3,4)5/h7-8H,1H2,2-6H3/b9-8-. The summed E-state index contributed by atoms with van der Waals surface area (Å²) in [6.45, 7) is 10.9. The van der Waals surface area contributed by atoms with Gasteiger partial charge in [-0.15, -0.1) is 0 Å². The Balaban J connectivity index is 4.41. The fraction of sp³-hybridized carbons (Fsp3) is 0.545. The van der Waals surface area contributed by atoms with Gasteiger partial charge in [0.2, 0.25) is 0 Å². The third-order valence-electron chi connectivity index (χ3n) is 1.56. The minimum atomic E-state index is -0.459. The molecule has 0 bridgehead atoms. The smallest absolute Gasteiger partial charge is 0.414 e. The summed E-state index contributed by atoms with van der Waals surface area (Å²) < 4.78 is 5.18. The Morgan fingerprint density at radius 3 is 2.29 bits per heavy atom. The second kappa shape index (κ2) is 4.84. The number of rotatable bonds is 2. The Labute approximate surface area is 86.0 Å². The predicted molar refractivity (Wildman–Crippen MR) is 58.0 cm³/mol. The minimum Gasteiger partial charge on any atom is -0.443 e. The minimum absolute atomic E-state index is 0.354. The van der Waals surface area contributed by atoms with Crippen molar-refractivity contribution in [2.45, 2.75) is 33.3 Å². The fourth-order valence-corrected chi connectivity index (χ4v) is 0.757. The lowest BCUT2D eigenvalue weighted by Crippen LogP contribution is -2.33. The Hall–Kier alpha value is -1.25. The Kier molecular flexibility index (Phi) is 4.41. The highest BCUT2D eigenvalue weighted by Crippen LogP contribution is 2.11. The summed E-state index contributed by atoms with van der Waals surface area (Å²) in [5, 5.41) is 0. The van der Waals surface area contributed by atoms with Gasteiger partial charge in [-0.2, -0.15) is 0 Å². The van der Waals surface area contributed by atoms with Gasteiger partial charge in [0.05, 0.1) is 0 Å². The Bertz CT molecular complexity index is 249. The lowest BCUT2D eigenvalue weighted by atomic mass is 10.2. The molecule has 0 heterocycles. The number of carbonyl (C=O) groups is 1. The molecule has 80 valence electrons. The van der Waals surface area contributed by atoms with E-state index in [1.165, 1.54) is 4.90 Å². The van der Waals surface area contributed by atoms with E-state index in [-0.39, 0.29) is 6.09 Å². The van der Waals surface area contributed by atoms with Crippen molar-refractivity contribution in [3.05, 3.63) is 24.4 Å². The van der Waals surface area contributed by atoms with Gasteiger partial charge in [0.25, 0.3) is 0 Å². The van der Waals surface area contributed by atoms with Crippen LogP contribution in [0.2, 0.25) is 0 Å². The van der Waals surface area contributed by atoms with Crippen molar-refractivity contribution in [2.75, 3.05) is 7.05 Å². The van der Waals surface area contributed by atoms with Crippen LogP contribution in [-0.2, 0) is 4.74 Å². The summed E-state index contributed by atoms with van der Waals surface area (Å²) >= 11 is 0. The molecule has 1 amide bonds. The van der Waals surface area contributed by atoms with Crippen LogP contribution in [0.3, 0.4) is 0 Å². The second-order valence-electron chi connectivity index (χ2n) is 4.08. The molecule has 3 nitrogen and oxygen atoms in total. The number of nitrogens with zero attached hydrogens (tertiary/aromatic N) is 1. The highest BCUT2D eigenvalue weighted by molar-refractivity contribution is 5.69. The lowest BCUT2D eigenvalue weighted by Gasteiger charge is -2.24. The number of hydrogen-bond donors (Lipinski definition) is 0. The summed E-state index contributed by atoms with van der Waals surface area (Å²) in [5.41, 5.74) is 0.342. The van der Waals surface area contributed by atoms with Crippen LogP contribution >= 0.6 is 0 Å². The van der Waals surface area contributed by atoms with Crippen LogP contribution in [-0.4, -0.2) is 23.6 Å². The molecular formula is C11H19NO2. The molecule has 0 fully saturated rings. The molecule has 0 aliphatic carbocycles. The molecule has 0 saturated heterocycles. The molecule has 0 spiro atoms. The van der Waals surface area contributed by atoms with E-state index in [0.717, 1.165) is 5.70 Å². The van der Waals surface area contributed by atoms with E-state index in [2.05, 4.69) is 6.58 Å². The molecule has 0 aromatic heterocycles. The van der Waals surface area contributed by atoms with Gasteiger partial charge in [-0.25, -0.2) is 4.79 Å². The van der Waals surface area contributed by atoms with E-state index in [9.17, 15) is 4.79 Å². The first-order chi connectivity index (χ1) is 6.28. The summed E-state index contributed by atoms with van der Waals surface area (Å²) in [7, 11) is 1.67. The zero-order valence-corrected chi connectivity index (χ0v) is 9.63. The Morgan fingerprint density at radius 2 is 1.93 bits per heavy atom. The normalized spacial score (nSPS) is 12.2. The maximum Gasteiger partial charge on any atom is 0.414 e. The largest absolute Gasteiger partial charge is 0.443 e. The average molecular weight is 197 g/mol. The van der Waals surface area contributed by atoms with Gasteiger partial charge in [0, 0.05) is 12.7 Å². The molecule has 0 aromatic carbocycles. The molecule has 0 rings (SSSR count). The van der Waals surface area contributed by atoms with Crippen LogP contribution in [0.25, 0.3) is 0 Å². The highest BCUT2D eigenvalue weighted by atomic mass is 16.6. The molecule has 0 aliphatic rings. The molecule has 0 atom stereocenters. The van der Waals surface area contributed by atoms with Crippen molar-refractivity contribution in [3.8, 4) is 0 Å². The number of amides is 1. The van der Waals surface area contributed by atoms with Gasteiger partial charge in [0.1, 0.15) is 5.60 Å². The first-order valence-electron chi connectivity index (χ1n) is 4.54. The summed E-state index contributed by atoms with van der Waals surface area (Å²) in [5.74, 6) is 0. The number of ether oxygens (including phenoxy) is 1. The number of hydrogen-bond acceptors (Lipinski definition) is 2. The van der Waals surface area contributed by atoms with E-state index in [4.69, 9.17) is 4.74 Å². The van der Waals surface area contributed by atoms with Gasteiger partial charge < -0.3 is 4.74 Å². The van der Waals surface area contributed by atoms with E-state index in [1.807, 2.05) is 27.7 Å². The number of carbonyl (C=O) groups excluding carboxylic acids is 1. The third-order valence-corrected chi connectivity index (χ3v) is 1.56. The molecule has 0 N–H and O–H groups in total. The summed E-state index contributed by atoms with van der Waals surface area (Å²) in [6, 6.07) is 0. The van der Waals surface area contributed by atoms with Gasteiger partial charge >= 0.3 is 6.09 Å². The van der Waals surface area contributed by atoms with E-state index in [1.54, 1.807) is 19.2 Å². The van der Waals surface area contributed by atoms with Crippen LogP contribution in [0.4, 0.5) is 4.79 Å². The first kappa shape index (κ1) is 12.8. The molecule has 0 unspecified atom stereocenters. The van der Waals surface area contributed by atoms with Crippen molar-refractivity contribution >= 4 is 6.09 Å². The third kappa shape index (κ3) is 4.70. The van der Waals surface area contributed by atoms with Gasteiger partial charge in [-0.1, -0.05) is 12.7 Å². The van der Waals surface area contributed by atoms with E-state index in [0.29, 0.717) is 0 Å². The fourth-order valence-electron chi connectivity index (χ4n) is 0.757. The predicted octanol–water partition coefficient (Wildman–Crippen LogP) is 2.94. The lowest BCUT2D eigenvalue weighted by molar-refractivity contribution is 0.0354. The quantitative estimate of drug-likeness (QED) is 0.637. The zero-order chi connectivity index (χ0) is 11.4. The zero-order valence-electron chi connectivity index (χ0n) is 9.63. The van der Waals surface area contributed by atoms with Crippen LogP contribution in [0.15, 0.2) is 24.4 Å². The molecule has 0 radical (unpaired) electrons. The van der Waals surface area contributed by atoms with Crippen LogP contribution in [0, 0.1) is 0 Å². The molecule has 14 heavy (non-hydrogen) atoms.